The first kappa shape index (κ1) is 8.57. The fraction of sp³-hybridized carbons (Fsp3) is 0.455. The summed E-state index contributed by atoms with van der Waals surface area (Å²) < 4.78 is 5.44. The number of nitrogens with two attached hydrogens (primary N) is 1. The molecule has 0 unspecified atom stereocenters. The molecule has 0 amide bonds. The van der Waals surface area contributed by atoms with Crippen molar-refractivity contribution in [1.29, 1.82) is 0 Å². The van der Waals surface area contributed by atoms with Gasteiger partial charge in [0.15, 0.2) is 0 Å². The first-order valence-electron chi connectivity index (χ1n) is 4.77. The zero-order chi connectivity index (χ0) is 9.26. The summed E-state index contributed by atoms with van der Waals surface area (Å²) in [7, 11) is 0. The topological polar surface area (TPSA) is 35.2 Å². The van der Waals surface area contributed by atoms with Crippen molar-refractivity contribution in [3.8, 4) is 5.75 Å². The van der Waals surface area contributed by atoms with Crippen LogP contribution in [-0.4, -0.2) is 13.2 Å². The fourth-order valence-electron chi connectivity index (χ4n) is 1.65. The number of ether oxygens (including phenoxy) is 1. The van der Waals surface area contributed by atoms with E-state index in [4.69, 9.17) is 10.5 Å². The Morgan fingerprint density at radius 3 is 3.15 bits per heavy atom. The summed E-state index contributed by atoms with van der Waals surface area (Å²) >= 11 is 0. The highest BCUT2D eigenvalue weighted by Gasteiger charge is 2.13. The van der Waals surface area contributed by atoms with Gasteiger partial charge in [-0.05, 0) is 29.7 Å². The van der Waals surface area contributed by atoms with Crippen molar-refractivity contribution < 1.29 is 4.74 Å². The summed E-state index contributed by atoms with van der Waals surface area (Å²) in [6.07, 6.45) is 1.04. The maximum absolute atomic E-state index is 5.62. The summed E-state index contributed by atoms with van der Waals surface area (Å²) in [5.74, 6) is 1.50. The molecule has 1 aromatic carbocycles. The summed E-state index contributed by atoms with van der Waals surface area (Å²) in [6.45, 7) is 3.69. The SMILES string of the molecule is C[C@@H](CN)c1ccc2c(c1)CCO2. The van der Waals surface area contributed by atoms with Gasteiger partial charge in [0.2, 0.25) is 0 Å². The molecule has 2 heteroatoms. The summed E-state index contributed by atoms with van der Waals surface area (Å²) in [5, 5.41) is 0. The van der Waals surface area contributed by atoms with E-state index in [0.717, 1.165) is 18.8 Å². The van der Waals surface area contributed by atoms with E-state index >= 15 is 0 Å². The molecule has 0 aliphatic carbocycles. The van der Waals surface area contributed by atoms with Crippen LogP contribution in [0.1, 0.15) is 24.0 Å². The molecule has 2 N–H and O–H groups in total. The minimum atomic E-state index is 0.450. The zero-order valence-corrected chi connectivity index (χ0v) is 7.92. The molecule has 1 aromatic rings. The third kappa shape index (κ3) is 1.54. The largest absolute Gasteiger partial charge is 0.493 e. The Balaban J connectivity index is 2.30. The molecule has 2 nitrogen and oxygen atoms in total. The zero-order valence-electron chi connectivity index (χ0n) is 7.92. The van der Waals surface area contributed by atoms with Crippen LogP contribution >= 0.6 is 0 Å². The van der Waals surface area contributed by atoms with Crippen molar-refractivity contribution >= 4 is 0 Å². The molecule has 0 fully saturated rings. The fourth-order valence-corrected chi connectivity index (χ4v) is 1.65. The van der Waals surface area contributed by atoms with Crippen LogP contribution in [0.5, 0.6) is 5.75 Å². The van der Waals surface area contributed by atoms with Crippen molar-refractivity contribution in [2.45, 2.75) is 19.3 Å². The van der Waals surface area contributed by atoms with Gasteiger partial charge in [-0.25, -0.2) is 0 Å². The van der Waals surface area contributed by atoms with Gasteiger partial charge < -0.3 is 10.5 Å². The van der Waals surface area contributed by atoms with E-state index in [1.807, 2.05) is 0 Å². The monoisotopic (exact) mass is 177 g/mol. The number of fused-ring (bicyclic) bond motifs is 1. The second-order valence-corrected chi connectivity index (χ2v) is 3.60. The van der Waals surface area contributed by atoms with Gasteiger partial charge in [-0.3, -0.25) is 0 Å². The lowest BCUT2D eigenvalue weighted by Crippen LogP contribution is -2.08. The predicted molar refractivity (Wildman–Crippen MR) is 53.1 cm³/mol. The summed E-state index contributed by atoms with van der Waals surface area (Å²) in [4.78, 5) is 0. The molecule has 0 spiro atoms. The van der Waals surface area contributed by atoms with Crippen LogP contribution in [0.2, 0.25) is 0 Å². The average Bonchev–Trinajstić information content (AvgIpc) is 2.63. The van der Waals surface area contributed by atoms with Crippen LogP contribution in [0, 0.1) is 0 Å². The van der Waals surface area contributed by atoms with Gasteiger partial charge in [-0.15, -0.1) is 0 Å². The highest BCUT2D eigenvalue weighted by Crippen LogP contribution is 2.28. The summed E-state index contributed by atoms with van der Waals surface area (Å²) in [6, 6.07) is 6.39. The lowest BCUT2D eigenvalue weighted by Gasteiger charge is -2.09. The van der Waals surface area contributed by atoms with Crippen LogP contribution in [-0.2, 0) is 6.42 Å². The Kier molecular flexibility index (Phi) is 2.23. The Hall–Kier alpha value is -1.02. The lowest BCUT2D eigenvalue weighted by atomic mass is 9.98. The average molecular weight is 177 g/mol. The minimum Gasteiger partial charge on any atom is -0.493 e. The molecule has 1 heterocycles. The lowest BCUT2D eigenvalue weighted by molar-refractivity contribution is 0.357. The number of hydrogen-bond acceptors (Lipinski definition) is 2. The first-order valence-corrected chi connectivity index (χ1v) is 4.77. The molecule has 0 saturated heterocycles. The van der Waals surface area contributed by atoms with Gasteiger partial charge in [-0.2, -0.15) is 0 Å². The van der Waals surface area contributed by atoms with Gasteiger partial charge in [-0.1, -0.05) is 19.1 Å². The first-order chi connectivity index (χ1) is 6.31. The highest BCUT2D eigenvalue weighted by atomic mass is 16.5. The second-order valence-electron chi connectivity index (χ2n) is 3.60. The Morgan fingerprint density at radius 2 is 2.38 bits per heavy atom. The van der Waals surface area contributed by atoms with E-state index in [-0.39, 0.29) is 0 Å². The molecule has 13 heavy (non-hydrogen) atoms. The predicted octanol–water partition coefficient (Wildman–Crippen LogP) is 1.68. The molecule has 0 saturated carbocycles. The van der Waals surface area contributed by atoms with Crippen LogP contribution in [0.15, 0.2) is 18.2 Å². The van der Waals surface area contributed by atoms with Gasteiger partial charge in [0.05, 0.1) is 6.61 Å². The molecule has 70 valence electrons. The van der Waals surface area contributed by atoms with Crippen molar-refractivity contribution in [2.24, 2.45) is 5.73 Å². The third-order valence-electron chi connectivity index (χ3n) is 2.64. The quantitative estimate of drug-likeness (QED) is 0.746. The normalized spacial score (nSPS) is 16.5. The Morgan fingerprint density at radius 1 is 1.54 bits per heavy atom. The molecule has 0 radical (unpaired) electrons. The molecule has 2 rings (SSSR count). The van der Waals surface area contributed by atoms with Gasteiger partial charge >= 0.3 is 0 Å². The van der Waals surface area contributed by atoms with E-state index in [9.17, 15) is 0 Å². The molecule has 1 atom stereocenters. The molecular formula is C11H15NO. The van der Waals surface area contributed by atoms with Crippen LogP contribution in [0.25, 0.3) is 0 Å². The van der Waals surface area contributed by atoms with Crippen molar-refractivity contribution in [2.75, 3.05) is 13.2 Å². The third-order valence-corrected chi connectivity index (χ3v) is 2.64. The van der Waals surface area contributed by atoms with Crippen molar-refractivity contribution in [3.63, 3.8) is 0 Å². The molecule has 0 bridgehead atoms. The number of hydrogen-bond donors (Lipinski definition) is 1. The maximum atomic E-state index is 5.62. The Bertz CT molecular complexity index is 309. The van der Waals surface area contributed by atoms with E-state index in [0.29, 0.717) is 12.5 Å². The molecule has 0 aromatic heterocycles. The van der Waals surface area contributed by atoms with E-state index in [1.54, 1.807) is 0 Å². The minimum absolute atomic E-state index is 0.450. The molecule has 1 aliphatic rings. The van der Waals surface area contributed by atoms with Crippen LogP contribution in [0.4, 0.5) is 0 Å². The van der Waals surface area contributed by atoms with Gasteiger partial charge in [0, 0.05) is 6.42 Å². The van der Waals surface area contributed by atoms with Gasteiger partial charge in [0.25, 0.3) is 0 Å². The second kappa shape index (κ2) is 3.38. The maximum Gasteiger partial charge on any atom is 0.122 e. The van der Waals surface area contributed by atoms with Gasteiger partial charge in [0.1, 0.15) is 5.75 Å². The smallest absolute Gasteiger partial charge is 0.122 e. The molecular weight excluding hydrogens is 162 g/mol. The standard InChI is InChI=1S/C11H15NO/c1-8(7-12)9-2-3-11-10(6-9)4-5-13-11/h2-3,6,8H,4-5,7,12H2,1H3/t8-/m0/s1. The van der Waals surface area contributed by atoms with E-state index < -0.39 is 0 Å². The van der Waals surface area contributed by atoms with Crippen molar-refractivity contribution in [1.82, 2.24) is 0 Å². The van der Waals surface area contributed by atoms with Crippen LogP contribution < -0.4 is 10.5 Å². The highest BCUT2D eigenvalue weighted by molar-refractivity contribution is 5.40. The van der Waals surface area contributed by atoms with Crippen molar-refractivity contribution in [3.05, 3.63) is 29.3 Å². The van der Waals surface area contributed by atoms with E-state index in [2.05, 4.69) is 25.1 Å². The Labute approximate surface area is 78.7 Å². The van der Waals surface area contributed by atoms with E-state index in [1.165, 1.54) is 11.1 Å². The van der Waals surface area contributed by atoms with Crippen LogP contribution in [0.3, 0.4) is 0 Å². The summed E-state index contributed by atoms with van der Waals surface area (Å²) in [5.41, 5.74) is 8.28. The number of rotatable bonds is 2. The molecule has 1 aliphatic heterocycles. The number of benzene rings is 1.